The third-order valence-corrected chi connectivity index (χ3v) is 2.45. The van der Waals surface area contributed by atoms with Crippen LogP contribution in [0.3, 0.4) is 0 Å². The van der Waals surface area contributed by atoms with Gasteiger partial charge in [-0.05, 0) is 26.0 Å². The zero-order valence-corrected chi connectivity index (χ0v) is 11.3. The smallest absolute Gasteiger partial charge is 0.274 e. The first-order valence-electron chi connectivity index (χ1n) is 6.15. The Morgan fingerprint density at radius 3 is 2.95 bits per heavy atom. The molecule has 0 amide bonds. The summed E-state index contributed by atoms with van der Waals surface area (Å²) in [6.07, 6.45) is 1.59. The van der Waals surface area contributed by atoms with Gasteiger partial charge >= 0.3 is 0 Å². The van der Waals surface area contributed by atoms with Crippen LogP contribution in [-0.4, -0.2) is 28.0 Å². The molecule has 0 radical (unpaired) electrons. The second kappa shape index (κ2) is 6.46. The number of para-hydroxylation sites is 1. The summed E-state index contributed by atoms with van der Waals surface area (Å²) in [6.45, 7) is 4.07. The lowest BCUT2D eigenvalue weighted by Gasteiger charge is -2.05. The van der Waals surface area contributed by atoms with Crippen LogP contribution in [0.1, 0.15) is 18.2 Å². The number of nitrogens with zero attached hydrogens (tertiary/aromatic N) is 3. The molecule has 0 saturated carbocycles. The summed E-state index contributed by atoms with van der Waals surface area (Å²) in [5.41, 5.74) is 3.45. The van der Waals surface area contributed by atoms with Crippen LogP contribution in [-0.2, 0) is 0 Å². The highest BCUT2D eigenvalue weighted by Gasteiger charge is 2.00. The zero-order valence-electron chi connectivity index (χ0n) is 11.3. The molecule has 2 aromatic rings. The minimum atomic E-state index is -0.299. The number of rotatable bonds is 5. The highest BCUT2D eigenvalue weighted by Crippen LogP contribution is 2.15. The van der Waals surface area contributed by atoms with E-state index in [9.17, 15) is 4.79 Å². The summed E-state index contributed by atoms with van der Waals surface area (Å²) in [5, 5.41) is 11.5. The molecule has 1 heterocycles. The number of aromatic amines is 1. The van der Waals surface area contributed by atoms with E-state index in [0.29, 0.717) is 12.3 Å². The number of aryl methyl sites for hydroxylation is 1. The van der Waals surface area contributed by atoms with Gasteiger partial charge in [-0.15, -0.1) is 10.2 Å². The summed E-state index contributed by atoms with van der Waals surface area (Å²) in [7, 11) is 0. The third kappa shape index (κ3) is 3.41. The number of H-pyrrole nitrogens is 1. The van der Waals surface area contributed by atoms with Crippen LogP contribution in [0.25, 0.3) is 0 Å². The Kier molecular flexibility index (Phi) is 4.43. The van der Waals surface area contributed by atoms with Gasteiger partial charge in [0.05, 0.1) is 12.8 Å². The molecule has 0 spiro atoms. The Hall–Kier alpha value is -2.70. The van der Waals surface area contributed by atoms with Crippen molar-refractivity contribution in [1.82, 2.24) is 15.2 Å². The number of ether oxygens (including phenoxy) is 1. The summed E-state index contributed by atoms with van der Waals surface area (Å²) >= 11 is 0. The Morgan fingerprint density at radius 2 is 2.20 bits per heavy atom. The maximum atomic E-state index is 11.3. The van der Waals surface area contributed by atoms with E-state index >= 15 is 0 Å². The van der Waals surface area contributed by atoms with Crippen LogP contribution in [0.4, 0.5) is 5.95 Å². The minimum absolute atomic E-state index is 0.186. The first-order chi connectivity index (χ1) is 9.70. The molecular formula is C13H15N5O2. The molecule has 20 heavy (non-hydrogen) atoms. The lowest BCUT2D eigenvalue weighted by Crippen LogP contribution is -2.15. The number of hydrogen-bond donors (Lipinski definition) is 2. The molecule has 104 valence electrons. The Morgan fingerprint density at radius 1 is 1.40 bits per heavy atom. The topological polar surface area (TPSA) is 92.3 Å². The zero-order chi connectivity index (χ0) is 14.4. The summed E-state index contributed by atoms with van der Waals surface area (Å²) in [4.78, 5) is 13.9. The molecule has 0 bridgehead atoms. The maximum Gasteiger partial charge on any atom is 0.274 e. The van der Waals surface area contributed by atoms with Gasteiger partial charge in [0.25, 0.3) is 5.56 Å². The van der Waals surface area contributed by atoms with E-state index in [0.717, 1.165) is 11.3 Å². The summed E-state index contributed by atoms with van der Waals surface area (Å²) in [6, 6.07) is 7.51. The highest BCUT2D eigenvalue weighted by atomic mass is 16.5. The highest BCUT2D eigenvalue weighted by molar-refractivity contribution is 5.83. The molecule has 7 nitrogen and oxygen atoms in total. The molecule has 0 fully saturated rings. The second-order valence-corrected chi connectivity index (χ2v) is 3.93. The average molecular weight is 273 g/mol. The molecule has 0 aliphatic rings. The van der Waals surface area contributed by atoms with E-state index in [1.54, 1.807) is 13.1 Å². The lowest BCUT2D eigenvalue weighted by atomic mass is 10.2. The molecule has 1 aromatic carbocycles. The molecule has 1 aromatic heterocycles. The molecule has 7 heteroatoms. The molecule has 0 aliphatic heterocycles. The van der Waals surface area contributed by atoms with Crippen molar-refractivity contribution < 1.29 is 4.74 Å². The van der Waals surface area contributed by atoms with Crippen molar-refractivity contribution in [3.63, 3.8) is 0 Å². The standard InChI is InChI=1S/C13H15N5O2/c1-3-20-11-7-5-4-6-10(11)8-14-17-13-15-12(19)9(2)16-18-13/h4-8H,3H2,1-2H3,(H2,15,17,18,19). The van der Waals surface area contributed by atoms with Crippen molar-refractivity contribution >= 4 is 12.2 Å². The fourth-order valence-electron chi connectivity index (χ4n) is 1.48. The van der Waals surface area contributed by atoms with Crippen LogP contribution in [0.2, 0.25) is 0 Å². The predicted molar refractivity (Wildman–Crippen MR) is 76.2 cm³/mol. The van der Waals surface area contributed by atoms with Gasteiger partial charge in [0, 0.05) is 5.56 Å². The molecule has 0 saturated heterocycles. The quantitative estimate of drug-likeness (QED) is 0.633. The van der Waals surface area contributed by atoms with E-state index in [4.69, 9.17) is 4.74 Å². The fourth-order valence-corrected chi connectivity index (χ4v) is 1.48. The van der Waals surface area contributed by atoms with Crippen LogP contribution in [0.5, 0.6) is 5.75 Å². The van der Waals surface area contributed by atoms with Crippen LogP contribution in [0.15, 0.2) is 34.2 Å². The summed E-state index contributed by atoms with van der Waals surface area (Å²) < 4.78 is 5.47. The molecule has 2 N–H and O–H groups in total. The predicted octanol–water partition coefficient (Wildman–Crippen LogP) is 1.32. The average Bonchev–Trinajstić information content (AvgIpc) is 2.45. The maximum absolute atomic E-state index is 11.3. The van der Waals surface area contributed by atoms with E-state index in [2.05, 4.69) is 25.7 Å². The number of nitrogens with one attached hydrogen (secondary N) is 2. The molecule has 0 unspecified atom stereocenters. The number of benzene rings is 1. The van der Waals surface area contributed by atoms with E-state index in [1.165, 1.54) is 0 Å². The van der Waals surface area contributed by atoms with Crippen LogP contribution >= 0.6 is 0 Å². The van der Waals surface area contributed by atoms with Crippen molar-refractivity contribution in [2.75, 3.05) is 12.0 Å². The summed E-state index contributed by atoms with van der Waals surface area (Å²) in [5.74, 6) is 0.926. The minimum Gasteiger partial charge on any atom is -0.493 e. The second-order valence-electron chi connectivity index (χ2n) is 3.93. The van der Waals surface area contributed by atoms with Gasteiger partial charge in [-0.25, -0.2) is 5.43 Å². The first-order valence-corrected chi connectivity index (χ1v) is 6.15. The Labute approximate surface area is 115 Å². The molecule has 2 rings (SSSR count). The number of anilines is 1. The van der Waals surface area contributed by atoms with Crippen molar-refractivity contribution in [2.24, 2.45) is 5.10 Å². The van der Waals surface area contributed by atoms with Crippen molar-refractivity contribution in [3.8, 4) is 5.75 Å². The van der Waals surface area contributed by atoms with E-state index < -0.39 is 0 Å². The number of aromatic nitrogens is 3. The van der Waals surface area contributed by atoms with Crippen molar-refractivity contribution in [3.05, 3.63) is 45.9 Å². The first kappa shape index (κ1) is 13.7. The fraction of sp³-hybridized carbons (Fsp3) is 0.231. The van der Waals surface area contributed by atoms with Gasteiger partial charge in [0.1, 0.15) is 11.4 Å². The van der Waals surface area contributed by atoms with Crippen molar-refractivity contribution in [2.45, 2.75) is 13.8 Å². The Balaban J connectivity index is 2.10. The van der Waals surface area contributed by atoms with Gasteiger partial charge in [-0.2, -0.15) is 5.10 Å². The largest absolute Gasteiger partial charge is 0.493 e. The van der Waals surface area contributed by atoms with Crippen LogP contribution in [0, 0.1) is 6.92 Å². The van der Waals surface area contributed by atoms with Crippen LogP contribution < -0.4 is 15.7 Å². The lowest BCUT2D eigenvalue weighted by molar-refractivity contribution is 0.340. The van der Waals surface area contributed by atoms with Gasteiger partial charge < -0.3 is 4.74 Å². The normalized spacial score (nSPS) is 10.7. The molecule has 0 atom stereocenters. The van der Waals surface area contributed by atoms with E-state index in [-0.39, 0.29) is 11.5 Å². The van der Waals surface area contributed by atoms with Gasteiger partial charge in [0.2, 0.25) is 5.95 Å². The number of hydrazone groups is 1. The molecule has 0 aliphatic carbocycles. The number of hydrogen-bond acceptors (Lipinski definition) is 6. The van der Waals surface area contributed by atoms with Gasteiger partial charge in [-0.1, -0.05) is 12.1 Å². The van der Waals surface area contributed by atoms with Crippen molar-refractivity contribution in [1.29, 1.82) is 0 Å². The monoisotopic (exact) mass is 273 g/mol. The van der Waals surface area contributed by atoms with Gasteiger partial charge in [-0.3, -0.25) is 9.78 Å². The molecular weight excluding hydrogens is 258 g/mol. The third-order valence-electron chi connectivity index (χ3n) is 2.45. The Bertz CT molecular complexity index is 666. The van der Waals surface area contributed by atoms with E-state index in [1.807, 2.05) is 31.2 Å². The SMILES string of the molecule is CCOc1ccccc1C=NNc1nnc(C)c(=O)[nH]1. The van der Waals surface area contributed by atoms with Gasteiger partial charge in [0.15, 0.2) is 0 Å².